The van der Waals surface area contributed by atoms with E-state index >= 15 is 0 Å². The predicted molar refractivity (Wildman–Crippen MR) is 53.1 cm³/mol. The highest BCUT2D eigenvalue weighted by atomic mass is 16.1. The zero-order chi connectivity index (χ0) is 11.0. The third kappa shape index (κ3) is 1.52. The number of carbonyl (C=O) groups is 2. The molecule has 0 unspecified atom stereocenters. The molecule has 6 heteroatoms. The summed E-state index contributed by atoms with van der Waals surface area (Å²) >= 11 is 0. The average molecular weight is 204 g/mol. The number of amides is 2. The van der Waals surface area contributed by atoms with E-state index in [4.69, 9.17) is 11.5 Å². The lowest BCUT2D eigenvalue weighted by molar-refractivity contribution is 0.0987. The molecule has 1 aromatic heterocycles. The van der Waals surface area contributed by atoms with Crippen molar-refractivity contribution >= 4 is 22.8 Å². The molecule has 0 saturated heterocycles. The Morgan fingerprint density at radius 2 is 1.93 bits per heavy atom. The van der Waals surface area contributed by atoms with Crippen molar-refractivity contribution in [2.45, 2.75) is 0 Å². The van der Waals surface area contributed by atoms with Crippen molar-refractivity contribution in [3.05, 3.63) is 29.6 Å². The highest BCUT2D eigenvalue weighted by molar-refractivity contribution is 5.98. The maximum atomic E-state index is 10.9. The first kappa shape index (κ1) is 9.20. The van der Waals surface area contributed by atoms with Crippen LogP contribution in [0.2, 0.25) is 0 Å². The van der Waals surface area contributed by atoms with Crippen LogP contribution in [0, 0.1) is 0 Å². The summed E-state index contributed by atoms with van der Waals surface area (Å²) in [6.07, 6.45) is 0. The van der Waals surface area contributed by atoms with Gasteiger partial charge in [-0.1, -0.05) is 0 Å². The molecule has 0 atom stereocenters. The SMILES string of the molecule is NC(=O)c1ccc2nc(C(N)=O)[nH]c2c1. The summed E-state index contributed by atoms with van der Waals surface area (Å²) in [5.74, 6) is -1.12. The van der Waals surface area contributed by atoms with Crippen molar-refractivity contribution in [3.63, 3.8) is 0 Å². The van der Waals surface area contributed by atoms with Crippen LogP contribution in [0.5, 0.6) is 0 Å². The molecule has 0 aliphatic carbocycles. The number of nitrogens with two attached hydrogens (primary N) is 2. The second-order valence-corrected chi connectivity index (χ2v) is 3.05. The van der Waals surface area contributed by atoms with E-state index in [9.17, 15) is 9.59 Å². The molecule has 0 bridgehead atoms. The van der Waals surface area contributed by atoms with Gasteiger partial charge in [0.25, 0.3) is 5.91 Å². The summed E-state index contributed by atoms with van der Waals surface area (Å²) < 4.78 is 0. The highest BCUT2D eigenvalue weighted by Crippen LogP contribution is 2.13. The maximum Gasteiger partial charge on any atom is 0.284 e. The summed E-state index contributed by atoms with van der Waals surface area (Å²) in [4.78, 5) is 28.3. The summed E-state index contributed by atoms with van der Waals surface area (Å²) in [7, 11) is 0. The number of carbonyl (C=O) groups excluding carboxylic acids is 2. The van der Waals surface area contributed by atoms with E-state index in [1.807, 2.05) is 0 Å². The first-order valence-corrected chi connectivity index (χ1v) is 4.17. The van der Waals surface area contributed by atoms with Crippen molar-refractivity contribution in [1.29, 1.82) is 0 Å². The topological polar surface area (TPSA) is 115 Å². The van der Waals surface area contributed by atoms with E-state index in [0.29, 0.717) is 16.6 Å². The number of rotatable bonds is 2. The van der Waals surface area contributed by atoms with Gasteiger partial charge in [-0.25, -0.2) is 4.98 Å². The molecule has 0 fully saturated rings. The fourth-order valence-corrected chi connectivity index (χ4v) is 1.28. The molecule has 0 saturated carbocycles. The van der Waals surface area contributed by atoms with Gasteiger partial charge in [-0.3, -0.25) is 9.59 Å². The van der Waals surface area contributed by atoms with Gasteiger partial charge in [-0.05, 0) is 18.2 Å². The minimum absolute atomic E-state index is 0.0617. The number of nitrogens with one attached hydrogen (secondary N) is 1. The minimum Gasteiger partial charge on any atom is -0.366 e. The summed E-state index contributed by atoms with van der Waals surface area (Å²) in [5.41, 5.74) is 11.6. The molecule has 0 aliphatic rings. The fraction of sp³-hybridized carbons (Fsp3) is 0. The zero-order valence-corrected chi connectivity index (χ0v) is 7.65. The predicted octanol–water partition coefficient (Wildman–Crippen LogP) is -0.239. The molecule has 15 heavy (non-hydrogen) atoms. The van der Waals surface area contributed by atoms with Crippen LogP contribution in [0.15, 0.2) is 18.2 Å². The first-order valence-electron chi connectivity index (χ1n) is 4.17. The van der Waals surface area contributed by atoms with E-state index < -0.39 is 11.8 Å². The fourth-order valence-electron chi connectivity index (χ4n) is 1.28. The largest absolute Gasteiger partial charge is 0.366 e. The van der Waals surface area contributed by atoms with E-state index in [1.165, 1.54) is 12.1 Å². The third-order valence-electron chi connectivity index (χ3n) is 2.00. The Balaban J connectivity index is 2.62. The molecular weight excluding hydrogens is 196 g/mol. The molecule has 0 aliphatic heterocycles. The average Bonchev–Trinajstić information content (AvgIpc) is 2.59. The van der Waals surface area contributed by atoms with Crippen molar-refractivity contribution in [1.82, 2.24) is 9.97 Å². The van der Waals surface area contributed by atoms with Crippen LogP contribution in [0.4, 0.5) is 0 Å². The van der Waals surface area contributed by atoms with Gasteiger partial charge in [-0.2, -0.15) is 0 Å². The first-order chi connectivity index (χ1) is 7.08. The molecule has 2 aromatic rings. The molecule has 0 spiro atoms. The second kappa shape index (κ2) is 3.09. The van der Waals surface area contributed by atoms with Crippen LogP contribution in [0.25, 0.3) is 11.0 Å². The summed E-state index contributed by atoms with van der Waals surface area (Å²) in [5, 5.41) is 0. The third-order valence-corrected chi connectivity index (χ3v) is 2.00. The summed E-state index contributed by atoms with van der Waals surface area (Å²) in [6.45, 7) is 0. The van der Waals surface area contributed by atoms with Crippen LogP contribution in [-0.2, 0) is 0 Å². The highest BCUT2D eigenvalue weighted by Gasteiger charge is 2.09. The number of aromatic nitrogens is 2. The van der Waals surface area contributed by atoms with E-state index in [1.54, 1.807) is 6.07 Å². The maximum absolute atomic E-state index is 10.9. The Kier molecular flexibility index (Phi) is 1.89. The Hall–Kier alpha value is -2.37. The van der Waals surface area contributed by atoms with Crippen molar-refractivity contribution in [2.75, 3.05) is 0 Å². The second-order valence-electron chi connectivity index (χ2n) is 3.05. The number of hydrogen-bond acceptors (Lipinski definition) is 3. The number of fused-ring (bicyclic) bond motifs is 1. The zero-order valence-electron chi connectivity index (χ0n) is 7.65. The summed E-state index contributed by atoms with van der Waals surface area (Å²) in [6, 6.07) is 4.66. The van der Waals surface area contributed by atoms with Crippen molar-refractivity contribution < 1.29 is 9.59 Å². The van der Waals surface area contributed by atoms with Crippen LogP contribution in [0.3, 0.4) is 0 Å². The van der Waals surface area contributed by atoms with Crippen LogP contribution < -0.4 is 11.5 Å². The standard InChI is InChI=1S/C9H8N4O2/c10-7(14)4-1-2-5-6(3-4)13-9(12-5)8(11)15/h1-3H,(H2,10,14)(H2,11,15)(H,12,13). The molecular formula is C9H8N4O2. The smallest absolute Gasteiger partial charge is 0.284 e. The lowest BCUT2D eigenvalue weighted by Crippen LogP contribution is -2.12. The number of imidazole rings is 1. The van der Waals surface area contributed by atoms with E-state index in [-0.39, 0.29) is 5.82 Å². The Morgan fingerprint density at radius 1 is 1.20 bits per heavy atom. The Labute approximate surface area is 84.3 Å². The number of primary amides is 2. The monoisotopic (exact) mass is 204 g/mol. The van der Waals surface area contributed by atoms with Gasteiger partial charge >= 0.3 is 0 Å². The molecule has 1 aromatic carbocycles. The molecule has 1 heterocycles. The van der Waals surface area contributed by atoms with E-state index in [2.05, 4.69) is 9.97 Å². The van der Waals surface area contributed by atoms with Crippen molar-refractivity contribution in [2.24, 2.45) is 11.5 Å². The number of H-pyrrole nitrogens is 1. The van der Waals surface area contributed by atoms with Gasteiger partial charge in [0.1, 0.15) is 0 Å². The molecule has 76 valence electrons. The number of benzene rings is 1. The Bertz CT molecular complexity index is 546. The van der Waals surface area contributed by atoms with Gasteiger partial charge < -0.3 is 16.5 Å². The molecule has 2 rings (SSSR count). The van der Waals surface area contributed by atoms with Gasteiger partial charge in [0.15, 0.2) is 5.82 Å². The molecule has 2 amide bonds. The number of hydrogen-bond donors (Lipinski definition) is 3. The number of aromatic amines is 1. The van der Waals surface area contributed by atoms with E-state index in [0.717, 1.165) is 0 Å². The normalized spacial score (nSPS) is 10.4. The van der Waals surface area contributed by atoms with Gasteiger partial charge in [0, 0.05) is 5.56 Å². The molecule has 6 nitrogen and oxygen atoms in total. The number of nitrogens with zero attached hydrogens (tertiary/aromatic N) is 1. The van der Waals surface area contributed by atoms with Crippen molar-refractivity contribution in [3.8, 4) is 0 Å². The van der Waals surface area contributed by atoms with Crippen LogP contribution in [-0.4, -0.2) is 21.8 Å². The lowest BCUT2D eigenvalue weighted by Gasteiger charge is -1.93. The van der Waals surface area contributed by atoms with Gasteiger partial charge in [-0.15, -0.1) is 0 Å². The lowest BCUT2D eigenvalue weighted by atomic mass is 10.2. The molecule has 5 N–H and O–H groups in total. The van der Waals surface area contributed by atoms with Crippen LogP contribution >= 0.6 is 0 Å². The quantitative estimate of drug-likeness (QED) is 0.626. The molecule has 0 radical (unpaired) electrons. The van der Waals surface area contributed by atoms with Gasteiger partial charge in [0.05, 0.1) is 11.0 Å². The minimum atomic E-state index is -0.646. The van der Waals surface area contributed by atoms with Gasteiger partial charge in [0.2, 0.25) is 5.91 Å². The van der Waals surface area contributed by atoms with Crippen LogP contribution in [0.1, 0.15) is 21.0 Å². The Morgan fingerprint density at radius 3 is 2.53 bits per heavy atom.